The molecule has 0 atom stereocenters. The van der Waals surface area contributed by atoms with Crippen LogP contribution in [0.2, 0.25) is 0 Å². The third-order valence-electron chi connectivity index (χ3n) is 5.28. The van der Waals surface area contributed by atoms with E-state index in [1.807, 2.05) is 32.8 Å². The number of nitrogens with one attached hydrogen (secondary N) is 2. The van der Waals surface area contributed by atoms with Gasteiger partial charge in [-0.2, -0.15) is 0 Å². The Morgan fingerprint density at radius 1 is 1.15 bits per heavy atom. The highest BCUT2D eigenvalue weighted by molar-refractivity contribution is 7.18. The van der Waals surface area contributed by atoms with Gasteiger partial charge >= 0.3 is 0 Å². The van der Waals surface area contributed by atoms with E-state index in [-0.39, 0.29) is 21.7 Å². The molecule has 3 aromatic rings. The van der Waals surface area contributed by atoms with Crippen LogP contribution in [0.15, 0.2) is 36.4 Å². The molecule has 0 radical (unpaired) electrons. The molecular weight excluding hydrogens is 464 g/mol. The molecule has 1 aromatic heterocycles. The standard InChI is InChI=1S/C23H25F2N5O3S/c1-23(2,30(3)4)29-21(32)13-10-9-12(11-16(13)33-5)27-22-28-20(26)19(34-22)18(31)17-14(24)7-6-8-15(17)25/h6-11H,26H2,1-5H3,(H,27,28)(H,29,32). The van der Waals surface area contributed by atoms with Gasteiger partial charge in [0, 0.05) is 11.8 Å². The van der Waals surface area contributed by atoms with Crippen LogP contribution >= 0.6 is 11.3 Å². The summed E-state index contributed by atoms with van der Waals surface area (Å²) in [4.78, 5) is 31.3. The second kappa shape index (κ2) is 9.74. The highest BCUT2D eigenvalue weighted by Crippen LogP contribution is 2.32. The molecule has 1 amide bonds. The summed E-state index contributed by atoms with van der Waals surface area (Å²) in [5.41, 5.74) is 5.40. The van der Waals surface area contributed by atoms with Gasteiger partial charge < -0.3 is 21.1 Å². The van der Waals surface area contributed by atoms with Gasteiger partial charge in [-0.3, -0.25) is 14.5 Å². The van der Waals surface area contributed by atoms with Gasteiger partial charge in [0.05, 0.1) is 23.9 Å². The molecule has 34 heavy (non-hydrogen) atoms. The van der Waals surface area contributed by atoms with Gasteiger partial charge in [-0.05, 0) is 52.2 Å². The molecule has 0 bridgehead atoms. The first kappa shape index (κ1) is 25.1. The lowest BCUT2D eigenvalue weighted by Gasteiger charge is -2.33. The van der Waals surface area contributed by atoms with Crippen LogP contribution in [0.25, 0.3) is 0 Å². The number of ether oxygens (including phenoxy) is 1. The van der Waals surface area contributed by atoms with Gasteiger partial charge in [0.1, 0.15) is 28.1 Å². The molecule has 3 rings (SSSR count). The summed E-state index contributed by atoms with van der Waals surface area (Å²) in [6.07, 6.45) is 0. The van der Waals surface area contributed by atoms with Gasteiger partial charge in [-0.25, -0.2) is 13.8 Å². The number of amides is 1. The molecule has 0 saturated carbocycles. The second-order valence-electron chi connectivity index (χ2n) is 8.11. The highest BCUT2D eigenvalue weighted by atomic mass is 32.1. The SMILES string of the molecule is COc1cc(Nc2nc(N)c(C(=O)c3c(F)cccc3F)s2)ccc1C(=O)NC(C)(C)N(C)C. The summed E-state index contributed by atoms with van der Waals surface area (Å²) in [5, 5.41) is 6.13. The molecule has 0 spiro atoms. The fourth-order valence-electron chi connectivity index (χ4n) is 2.91. The van der Waals surface area contributed by atoms with E-state index in [9.17, 15) is 18.4 Å². The number of carbonyl (C=O) groups excluding carboxylic acids is 2. The Labute approximate surface area is 199 Å². The number of rotatable bonds is 8. The first-order chi connectivity index (χ1) is 15.9. The highest BCUT2D eigenvalue weighted by Gasteiger charge is 2.26. The van der Waals surface area contributed by atoms with E-state index in [0.29, 0.717) is 17.0 Å². The van der Waals surface area contributed by atoms with Crippen LogP contribution in [0, 0.1) is 11.6 Å². The molecule has 11 heteroatoms. The zero-order valence-electron chi connectivity index (χ0n) is 19.3. The topological polar surface area (TPSA) is 110 Å². The number of anilines is 3. The maximum Gasteiger partial charge on any atom is 0.256 e. The van der Waals surface area contributed by atoms with Crippen molar-refractivity contribution in [2.24, 2.45) is 0 Å². The van der Waals surface area contributed by atoms with Crippen molar-refractivity contribution in [2.45, 2.75) is 19.5 Å². The summed E-state index contributed by atoms with van der Waals surface area (Å²) >= 11 is 0.854. The third kappa shape index (κ3) is 5.15. The van der Waals surface area contributed by atoms with E-state index in [1.165, 1.54) is 13.2 Å². The van der Waals surface area contributed by atoms with Crippen molar-refractivity contribution in [3.05, 3.63) is 64.0 Å². The Balaban J connectivity index is 1.84. The summed E-state index contributed by atoms with van der Waals surface area (Å²) in [6, 6.07) is 7.97. The molecule has 0 fully saturated rings. The molecule has 4 N–H and O–H groups in total. The molecule has 0 saturated heterocycles. The Kier molecular flexibility index (Phi) is 7.18. The Bertz CT molecular complexity index is 1220. The summed E-state index contributed by atoms with van der Waals surface area (Å²) in [7, 11) is 5.14. The maximum absolute atomic E-state index is 14.0. The number of hydrogen-bond acceptors (Lipinski definition) is 8. The molecule has 2 aromatic carbocycles. The molecular formula is C23H25F2N5O3S. The van der Waals surface area contributed by atoms with Gasteiger partial charge in [0.25, 0.3) is 5.91 Å². The molecule has 8 nitrogen and oxygen atoms in total. The maximum atomic E-state index is 14.0. The van der Waals surface area contributed by atoms with Gasteiger partial charge in [0.15, 0.2) is 5.13 Å². The lowest BCUT2D eigenvalue weighted by atomic mass is 10.1. The number of carbonyl (C=O) groups is 2. The van der Waals surface area contributed by atoms with E-state index < -0.39 is 28.6 Å². The third-order valence-corrected chi connectivity index (χ3v) is 6.27. The lowest BCUT2D eigenvalue weighted by Crippen LogP contribution is -2.53. The number of thiazole rings is 1. The van der Waals surface area contributed by atoms with Gasteiger partial charge in [-0.15, -0.1) is 0 Å². The Morgan fingerprint density at radius 3 is 2.38 bits per heavy atom. The van der Waals surface area contributed by atoms with Crippen molar-refractivity contribution < 1.29 is 23.1 Å². The van der Waals surface area contributed by atoms with E-state index in [1.54, 1.807) is 18.2 Å². The number of hydrogen-bond donors (Lipinski definition) is 3. The summed E-state index contributed by atoms with van der Waals surface area (Å²) < 4.78 is 33.4. The molecule has 0 unspecified atom stereocenters. The van der Waals surface area contributed by atoms with Crippen LogP contribution < -0.4 is 21.1 Å². The molecule has 0 aliphatic carbocycles. The van der Waals surface area contributed by atoms with Crippen LogP contribution in [0.3, 0.4) is 0 Å². The fraction of sp³-hybridized carbons (Fsp3) is 0.261. The quantitative estimate of drug-likeness (QED) is 0.324. The van der Waals surface area contributed by atoms with Crippen LogP contribution in [-0.2, 0) is 0 Å². The number of nitrogens with two attached hydrogens (primary N) is 1. The van der Waals surface area contributed by atoms with Crippen LogP contribution in [0.1, 0.15) is 39.4 Å². The summed E-state index contributed by atoms with van der Waals surface area (Å²) in [6.45, 7) is 3.73. The minimum Gasteiger partial charge on any atom is -0.496 e. The summed E-state index contributed by atoms with van der Waals surface area (Å²) in [5.74, 6) is -3.03. The first-order valence-electron chi connectivity index (χ1n) is 10.1. The predicted molar refractivity (Wildman–Crippen MR) is 128 cm³/mol. The second-order valence-corrected chi connectivity index (χ2v) is 9.11. The van der Waals surface area contributed by atoms with Crippen molar-refractivity contribution in [3.63, 3.8) is 0 Å². The minimum atomic E-state index is -0.983. The van der Waals surface area contributed by atoms with Crippen LogP contribution in [0.5, 0.6) is 5.75 Å². The Morgan fingerprint density at radius 2 is 1.79 bits per heavy atom. The molecule has 1 heterocycles. The Hall–Kier alpha value is -3.57. The number of nitrogen functional groups attached to an aromatic ring is 1. The number of methoxy groups -OCH3 is 1. The molecule has 0 aliphatic rings. The average molecular weight is 490 g/mol. The van der Waals surface area contributed by atoms with Crippen molar-refractivity contribution in [1.82, 2.24) is 15.2 Å². The van der Waals surface area contributed by atoms with Crippen molar-refractivity contribution in [3.8, 4) is 5.75 Å². The van der Waals surface area contributed by atoms with Crippen LogP contribution in [0.4, 0.5) is 25.4 Å². The molecule has 180 valence electrons. The monoisotopic (exact) mass is 489 g/mol. The predicted octanol–water partition coefficient (Wildman–Crippen LogP) is 4.01. The van der Waals surface area contributed by atoms with E-state index >= 15 is 0 Å². The average Bonchev–Trinajstić information content (AvgIpc) is 3.12. The largest absolute Gasteiger partial charge is 0.496 e. The zero-order valence-corrected chi connectivity index (χ0v) is 20.1. The van der Waals surface area contributed by atoms with E-state index in [0.717, 1.165) is 23.5 Å². The van der Waals surface area contributed by atoms with Gasteiger partial charge in [0.2, 0.25) is 5.78 Å². The minimum absolute atomic E-state index is 0.0969. The van der Waals surface area contributed by atoms with E-state index in [4.69, 9.17) is 10.5 Å². The first-order valence-corrected chi connectivity index (χ1v) is 11.0. The van der Waals surface area contributed by atoms with E-state index in [2.05, 4.69) is 15.6 Å². The van der Waals surface area contributed by atoms with Crippen molar-refractivity contribution >= 4 is 39.7 Å². The van der Waals surface area contributed by atoms with Gasteiger partial charge in [-0.1, -0.05) is 17.4 Å². The number of benzene rings is 2. The number of halogens is 2. The fourth-order valence-corrected chi connectivity index (χ4v) is 3.76. The smallest absolute Gasteiger partial charge is 0.256 e. The number of ketones is 1. The van der Waals surface area contributed by atoms with Crippen molar-refractivity contribution in [1.29, 1.82) is 0 Å². The lowest BCUT2D eigenvalue weighted by molar-refractivity contribution is 0.0786. The zero-order chi connectivity index (χ0) is 25.2. The number of nitrogens with zero attached hydrogens (tertiary/aromatic N) is 2. The van der Waals surface area contributed by atoms with Crippen molar-refractivity contribution in [2.75, 3.05) is 32.3 Å². The normalized spacial score (nSPS) is 11.4. The van der Waals surface area contributed by atoms with Crippen LogP contribution in [-0.4, -0.2) is 48.4 Å². The number of aromatic nitrogens is 1. The molecule has 0 aliphatic heterocycles.